The molecule has 0 aliphatic carbocycles. The van der Waals surface area contributed by atoms with Gasteiger partial charge in [-0.25, -0.2) is 4.79 Å². The molecule has 1 aromatic carbocycles. The van der Waals surface area contributed by atoms with Crippen LogP contribution in [0.25, 0.3) is 0 Å². The van der Waals surface area contributed by atoms with Crippen molar-refractivity contribution >= 4 is 11.9 Å². The lowest BCUT2D eigenvalue weighted by molar-refractivity contribution is -0.152. The number of hydrogen-bond acceptors (Lipinski definition) is 2. The number of carbonyl (C=O) groups excluding carboxylic acids is 1. The second kappa shape index (κ2) is 6.74. The minimum absolute atomic E-state index is 0.0397. The van der Waals surface area contributed by atoms with Gasteiger partial charge in [0.1, 0.15) is 6.04 Å². The van der Waals surface area contributed by atoms with Crippen molar-refractivity contribution in [1.82, 2.24) is 4.90 Å². The molecule has 0 spiro atoms. The van der Waals surface area contributed by atoms with Crippen molar-refractivity contribution < 1.29 is 14.7 Å². The second-order valence-electron chi connectivity index (χ2n) is 5.87. The first kappa shape index (κ1) is 15.5. The molecular weight excluding hydrogens is 266 g/mol. The van der Waals surface area contributed by atoms with Crippen LogP contribution in [0.5, 0.6) is 0 Å². The lowest BCUT2D eigenvalue weighted by Crippen LogP contribution is -2.48. The molecule has 0 bridgehead atoms. The predicted molar refractivity (Wildman–Crippen MR) is 81.2 cm³/mol. The van der Waals surface area contributed by atoms with Crippen LogP contribution in [0, 0.1) is 13.8 Å². The van der Waals surface area contributed by atoms with Crippen LogP contribution >= 0.6 is 0 Å². The first-order valence-electron chi connectivity index (χ1n) is 7.57. The topological polar surface area (TPSA) is 57.6 Å². The van der Waals surface area contributed by atoms with Crippen LogP contribution in [0.15, 0.2) is 18.2 Å². The standard InChI is InChI=1S/C17H23NO3/c1-12-6-7-14(13(2)11-12)8-9-16(19)18-10-4-3-5-15(18)17(20)21/h6-7,11,15H,3-5,8-10H2,1-2H3,(H,20,21). The summed E-state index contributed by atoms with van der Waals surface area (Å²) in [5, 5.41) is 9.22. The summed E-state index contributed by atoms with van der Waals surface area (Å²) < 4.78 is 0. The quantitative estimate of drug-likeness (QED) is 0.927. The van der Waals surface area contributed by atoms with Crippen molar-refractivity contribution in [3.63, 3.8) is 0 Å². The van der Waals surface area contributed by atoms with Crippen LogP contribution in [0.3, 0.4) is 0 Å². The fourth-order valence-corrected chi connectivity index (χ4v) is 3.00. The lowest BCUT2D eigenvalue weighted by Gasteiger charge is -2.33. The normalized spacial score (nSPS) is 18.6. The molecule has 0 aromatic heterocycles. The van der Waals surface area contributed by atoms with E-state index in [0.29, 0.717) is 25.8 Å². The van der Waals surface area contributed by atoms with E-state index in [1.54, 1.807) is 4.90 Å². The Morgan fingerprint density at radius 2 is 2.05 bits per heavy atom. The van der Waals surface area contributed by atoms with E-state index in [9.17, 15) is 14.7 Å². The van der Waals surface area contributed by atoms with Gasteiger partial charge < -0.3 is 10.0 Å². The molecule has 1 saturated heterocycles. The highest BCUT2D eigenvalue weighted by Crippen LogP contribution is 2.19. The number of amides is 1. The van der Waals surface area contributed by atoms with E-state index in [-0.39, 0.29) is 5.91 Å². The molecule has 4 heteroatoms. The highest BCUT2D eigenvalue weighted by atomic mass is 16.4. The highest BCUT2D eigenvalue weighted by Gasteiger charge is 2.31. The number of aliphatic carboxylic acids is 1. The smallest absolute Gasteiger partial charge is 0.326 e. The fourth-order valence-electron chi connectivity index (χ4n) is 3.00. The van der Waals surface area contributed by atoms with Crippen molar-refractivity contribution in [2.45, 2.75) is 52.0 Å². The molecule has 1 aliphatic rings. The number of carboxylic acid groups (broad SMARTS) is 1. The van der Waals surface area contributed by atoms with Crippen LogP contribution in [0.2, 0.25) is 0 Å². The summed E-state index contributed by atoms with van der Waals surface area (Å²) in [4.78, 5) is 25.1. The molecule has 1 aliphatic heterocycles. The van der Waals surface area contributed by atoms with Crippen LogP contribution in [-0.2, 0) is 16.0 Å². The number of aryl methyl sites for hydroxylation is 3. The van der Waals surface area contributed by atoms with Gasteiger partial charge in [-0.05, 0) is 50.7 Å². The van der Waals surface area contributed by atoms with Crippen molar-refractivity contribution in [2.75, 3.05) is 6.54 Å². The van der Waals surface area contributed by atoms with E-state index in [2.05, 4.69) is 12.1 Å². The molecule has 1 N–H and O–H groups in total. The van der Waals surface area contributed by atoms with Gasteiger partial charge in [0, 0.05) is 13.0 Å². The van der Waals surface area contributed by atoms with Gasteiger partial charge in [-0.15, -0.1) is 0 Å². The summed E-state index contributed by atoms with van der Waals surface area (Å²) in [6, 6.07) is 5.59. The molecule has 0 radical (unpaired) electrons. The number of carbonyl (C=O) groups is 2. The van der Waals surface area contributed by atoms with Gasteiger partial charge in [0.15, 0.2) is 0 Å². The second-order valence-corrected chi connectivity index (χ2v) is 5.87. The zero-order valence-corrected chi connectivity index (χ0v) is 12.8. The Morgan fingerprint density at radius 1 is 1.29 bits per heavy atom. The molecule has 2 rings (SSSR count). The van der Waals surface area contributed by atoms with Gasteiger partial charge in [-0.1, -0.05) is 23.8 Å². The maximum absolute atomic E-state index is 12.3. The first-order valence-corrected chi connectivity index (χ1v) is 7.57. The number of carboxylic acids is 1. The van der Waals surface area contributed by atoms with E-state index in [1.807, 2.05) is 19.9 Å². The molecule has 1 unspecified atom stereocenters. The maximum atomic E-state index is 12.3. The van der Waals surface area contributed by atoms with Crippen LogP contribution < -0.4 is 0 Å². The number of piperidine rings is 1. The van der Waals surface area contributed by atoms with Gasteiger partial charge in [0.05, 0.1) is 0 Å². The molecule has 4 nitrogen and oxygen atoms in total. The Hall–Kier alpha value is -1.84. The third-order valence-corrected chi connectivity index (χ3v) is 4.21. The third kappa shape index (κ3) is 3.84. The zero-order valence-electron chi connectivity index (χ0n) is 12.8. The monoisotopic (exact) mass is 289 g/mol. The van der Waals surface area contributed by atoms with E-state index < -0.39 is 12.0 Å². The summed E-state index contributed by atoms with van der Waals surface area (Å²) in [5.74, 6) is -0.920. The molecule has 1 amide bonds. The molecule has 1 aromatic rings. The van der Waals surface area contributed by atoms with Gasteiger partial charge in [0.2, 0.25) is 5.91 Å². The maximum Gasteiger partial charge on any atom is 0.326 e. The molecule has 0 saturated carbocycles. The fraction of sp³-hybridized carbons (Fsp3) is 0.529. The number of rotatable bonds is 4. The van der Waals surface area contributed by atoms with E-state index in [0.717, 1.165) is 18.4 Å². The Bertz CT molecular complexity index is 539. The summed E-state index contributed by atoms with van der Waals surface area (Å²) in [6.45, 7) is 4.67. The summed E-state index contributed by atoms with van der Waals surface area (Å²) in [5.41, 5.74) is 3.57. The predicted octanol–water partition coefficient (Wildman–Crippen LogP) is 2.70. The van der Waals surface area contributed by atoms with Gasteiger partial charge in [0.25, 0.3) is 0 Å². The van der Waals surface area contributed by atoms with E-state index >= 15 is 0 Å². The SMILES string of the molecule is Cc1ccc(CCC(=O)N2CCCCC2C(=O)O)c(C)c1. The first-order chi connectivity index (χ1) is 9.99. The van der Waals surface area contributed by atoms with Crippen LogP contribution in [0.4, 0.5) is 0 Å². The summed E-state index contributed by atoms with van der Waals surface area (Å²) in [7, 11) is 0. The van der Waals surface area contributed by atoms with Crippen LogP contribution in [0.1, 0.15) is 42.4 Å². The highest BCUT2D eigenvalue weighted by molar-refractivity contribution is 5.84. The number of benzene rings is 1. The van der Waals surface area contributed by atoms with Crippen LogP contribution in [-0.4, -0.2) is 34.5 Å². The summed E-state index contributed by atoms with van der Waals surface area (Å²) >= 11 is 0. The lowest BCUT2D eigenvalue weighted by atomic mass is 9.99. The molecular formula is C17H23NO3. The van der Waals surface area contributed by atoms with Crippen molar-refractivity contribution in [1.29, 1.82) is 0 Å². The third-order valence-electron chi connectivity index (χ3n) is 4.21. The van der Waals surface area contributed by atoms with Gasteiger partial charge in [-0.3, -0.25) is 4.79 Å². The number of hydrogen-bond donors (Lipinski definition) is 1. The Kier molecular flexibility index (Phi) is 4.99. The zero-order chi connectivity index (χ0) is 15.4. The van der Waals surface area contributed by atoms with Crippen molar-refractivity contribution in [2.24, 2.45) is 0 Å². The Labute approximate surface area is 125 Å². The molecule has 1 atom stereocenters. The Balaban J connectivity index is 1.98. The van der Waals surface area contributed by atoms with Crippen molar-refractivity contribution in [3.05, 3.63) is 34.9 Å². The molecule has 114 valence electrons. The summed E-state index contributed by atoms with van der Waals surface area (Å²) in [6.07, 6.45) is 3.42. The van der Waals surface area contributed by atoms with E-state index in [4.69, 9.17) is 0 Å². The molecule has 1 heterocycles. The Morgan fingerprint density at radius 3 is 2.71 bits per heavy atom. The minimum atomic E-state index is -0.880. The minimum Gasteiger partial charge on any atom is -0.480 e. The molecule has 1 fully saturated rings. The van der Waals surface area contributed by atoms with E-state index in [1.165, 1.54) is 11.1 Å². The average Bonchev–Trinajstić information content (AvgIpc) is 2.46. The number of likely N-dealkylation sites (tertiary alicyclic amines) is 1. The number of nitrogens with zero attached hydrogens (tertiary/aromatic N) is 1. The average molecular weight is 289 g/mol. The van der Waals surface area contributed by atoms with Gasteiger partial charge >= 0.3 is 5.97 Å². The van der Waals surface area contributed by atoms with Crippen molar-refractivity contribution in [3.8, 4) is 0 Å². The molecule has 21 heavy (non-hydrogen) atoms. The van der Waals surface area contributed by atoms with Gasteiger partial charge in [-0.2, -0.15) is 0 Å². The largest absolute Gasteiger partial charge is 0.480 e.